The number of carbonyl (C=O) groups excluding carboxylic acids is 1. The highest BCUT2D eigenvalue weighted by atomic mass is 16.2. The van der Waals surface area contributed by atoms with Crippen LogP contribution in [0.25, 0.3) is 0 Å². The number of para-hydroxylation sites is 1. The van der Waals surface area contributed by atoms with Crippen molar-refractivity contribution < 1.29 is 4.79 Å². The van der Waals surface area contributed by atoms with E-state index in [2.05, 4.69) is 42.5 Å². The van der Waals surface area contributed by atoms with Gasteiger partial charge >= 0.3 is 0 Å². The number of pyridine rings is 1. The van der Waals surface area contributed by atoms with Gasteiger partial charge in [0.15, 0.2) is 5.82 Å². The van der Waals surface area contributed by atoms with Crippen molar-refractivity contribution in [2.45, 2.75) is 46.2 Å². The summed E-state index contributed by atoms with van der Waals surface area (Å²) in [5.74, 6) is 0.854. The third-order valence-electron chi connectivity index (χ3n) is 5.24. The van der Waals surface area contributed by atoms with E-state index < -0.39 is 0 Å². The molecule has 1 aliphatic heterocycles. The molecule has 2 aromatic rings. The number of rotatable bonds is 6. The average molecular weight is 367 g/mol. The number of amides is 1. The van der Waals surface area contributed by atoms with E-state index in [4.69, 9.17) is 0 Å². The van der Waals surface area contributed by atoms with Crippen molar-refractivity contribution in [3.8, 4) is 0 Å². The van der Waals surface area contributed by atoms with Crippen LogP contribution < -0.4 is 9.80 Å². The zero-order valence-corrected chi connectivity index (χ0v) is 17.0. The normalized spacial score (nSPS) is 14.0. The van der Waals surface area contributed by atoms with Crippen molar-refractivity contribution in [2.75, 3.05) is 29.9 Å². The summed E-state index contributed by atoms with van der Waals surface area (Å²) in [5.41, 5.74) is 2.51. The molecule has 1 aromatic heterocycles. The number of carbonyl (C=O) groups is 1. The smallest absolute Gasteiger partial charge is 0.260 e. The van der Waals surface area contributed by atoms with Gasteiger partial charge in [0.05, 0.1) is 16.9 Å². The largest absolute Gasteiger partial charge is 0.324 e. The highest BCUT2D eigenvalue weighted by molar-refractivity contribution is 6.13. The Balaban J connectivity index is 1.93. The molecule has 1 amide bonds. The number of fused-ring (bicyclic) bond motifs is 2. The first kappa shape index (κ1) is 19.4. The van der Waals surface area contributed by atoms with Crippen LogP contribution in [0.3, 0.4) is 0 Å². The summed E-state index contributed by atoms with van der Waals surface area (Å²) in [4.78, 5) is 24.0. The first-order valence-corrected chi connectivity index (χ1v) is 9.77. The number of hydrogen-bond acceptors (Lipinski definition) is 4. The van der Waals surface area contributed by atoms with E-state index in [0.29, 0.717) is 12.1 Å². The molecule has 27 heavy (non-hydrogen) atoms. The van der Waals surface area contributed by atoms with E-state index in [1.165, 1.54) is 0 Å². The van der Waals surface area contributed by atoms with Crippen molar-refractivity contribution in [3.05, 3.63) is 48.2 Å². The third kappa shape index (κ3) is 3.83. The zero-order valence-electron chi connectivity index (χ0n) is 17.0. The number of aromatic nitrogens is 1. The monoisotopic (exact) mass is 366 g/mol. The van der Waals surface area contributed by atoms with Gasteiger partial charge in [-0.25, -0.2) is 4.98 Å². The molecular weight excluding hydrogens is 336 g/mol. The van der Waals surface area contributed by atoms with Crippen LogP contribution in [0.2, 0.25) is 0 Å². The molecule has 0 spiro atoms. The maximum Gasteiger partial charge on any atom is 0.260 e. The van der Waals surface area contributed by atoms with Crippen molar-refractivity contribution in [3.63, 3.8) is 0 Å². The Kier molecular flexibility index (Phi) is 5.80. The summed E-state index contributed by atoms with van der Waals surface area (Å²) in [6.07, 6.45) is 2.80. The molecule has 0 unspecified atom stereocenters. The molecule has 5 nitrogen and oxygen atoms in total. The van der Waals surface area contributed by atoms with Gasteiger partial charge in [-0.1, -0.05) is 12.1 Å². The molecule has 2 heterocycles. The second-order valence-electron chi connectivity index (χ2n) is 7.66. The number of hydrogen-bond donors (Lipinski definition) is 0. The summed E-state index contributed by atoms with van der Waals surface area (Å²) in [7, 11) is 1.82. The highest BCUT2D eigenvalue weighted by Gasteiger charge is 2.29. The maximum absolute atomic E-state index is 13.0. The molecule has 144 valence electrons. The maximum atomic E-state index is 13.0. The molecule has 0 N–H and O–H groups in total. The lowest BCUT2D eigenvalue weighted by Crippen LogP contribution is -2.38. The zero-order chi connectivity index (χ0) is 19.6. The molecule has 0 saturated carbocycles. The van der Waals surface area contributed by atoms with Gasteiger partial charge in [0.1, 0.15) is 0 Å². The van der Waals surface area contributed by atoms with Crippen LogP contribution in [0.5, 0.6) is 0 Å². The van der Waals surface area contributed by atoms with Gasteiger partial charge in [-0.3, -0.25) is 9.69 Å². The Bertz CT molecular complexity index is 794. The lowest BCUT2D eigenvalue weighted by Gasteiger charge is -2.32. The van der Waals surface area contributed by atoms with Gasteiger partial charge in [-0.15, -0.1) is 0 Å². The Morgan fingerprint density at radius 3 is 2.37 bits per heavy atom. The summed E-state index contributed by atoms with van der Waals surface area (Å²) in [5, 5.41) is 0. The summed E-state index contributed by atoms with van der Waals surface area (Å²) in [6, 6.07) is 12.7. The van der Waals surface area contributed by atoms with Crippen LogP contribution in [0.4, 0.5) is 17.2 Å². The number of benzene rings is 1. The van der Waals surface area contributed by atoms with Crippen molar-refractivity contribution in [1.82, 2.24) is 9.88 Å². The fourth-order valence-electron chi connectivity index (χ4n) is 3.90. The lowest BCUT2D eigenvalue weighted by molar-refractivity contribution is 0.0994. The molecule has 1 aromatic carbocycles. The minimum Gasteiger partial charge on any atom is -0.324 e. The molecule has 5 heteroatoms. The van der Waals surface area contributed by atoms with Crippen LogP contribution in [0.15, 0.2) is 42.6 Å². The fraction of sp³-hybridized carbons (Fsp3) is 0.455. The van der Waals surface area contributed by atoms with Gasteiger partial charge < -0.3 is 9.80 Å². The van der Waals surface area contributed by atoms with Gasteiger partial charge in [0.25, 0.3) is 5.91 Å². The van der Waals surface area contributed by atoms with Gasteiger partial charge in [0.2, 0.25) is 0 Å². The van der Waals surface area contributed by atoms with E-state index in [9.17, 15) is 4.79 Å². The van der Waals surface area contributed by atoms with Gasteiger partial charge in [-0.2, -0.15) is 0 Å². The molecule has 0 bridgehead atoms. The van der Waals surface area contributed by atoms with Crippen molar-refractivity contribution in [2.24, 2.45) is 0 Å². The van der Waals surface area contributed by atoms with E-state index in [1.54, 1.807) is 11.1 Å². The predicted octanol–water partition coefficient (Wildman–Crippen LogP) is 4.32. The minimum atomic E-state index is 0.00772. The molecule has 0 aliphatic carbocycles. The highest BCUT2D eigenvalue weighted by Crippen LogP contribution is 2.38. The molecule has 3 rings (SSSR count). The Hall–Kier alpha value is -2.40. The van der Waals surface area contributed by atoms with E-state index in [0.717, 1.165) is 42.3 Å². The van der Waals surface area contributed by atoms with Gasteiger partial charge in [-0.05, 0) is 58.4 Å². The summed E-state index contributed by atoms with van der Waals surface area (Å²) < 4.78 is 0. The average Bonchev–Trinajstić information content (AvgIpc) is 2.74. The van der Waals surface area contributed by atoms with Crippen LogP contribution >= 0.6 is 0 Å². The van der Waals surface area contributed by atoms with Gasteiger partial charge in [0, 0.05) is 38.4 Å². The molecule has 1 aliphatic rings. The van der Waals surface area contributed by atoms with E-state index >= 15 is 0 Å². The summed E-state index contributed by atoms with van der Waals surface area (Å²) >= 11 is 0. The standard InChI is InChI=1S/C22H30N4O/c1-16(2)25(17(3)4)14-9-15-26-19-11-7-6-10-18(19)22(27)24(5)20-12-8-13-23-21(20)26/h6-8,10-13,16-17H,9,14-15H2,1-5H3. The Morgan fingerprint density at radius 1 is 1.00 bits per heavy atom. The number of nitrogens with zero attached hydrogens (tertiary/aromatic N) is 4. The number of anilines is 3. The Labute approximate surface area is 162 Å². The van der Waals surface area contributed by atoms with Crippen LogP contribution in [0.1, 0.15) is 44.5 Å². The Morgan fingerprint density at radius 2 is 1.67 bits per heavy atom. The fourth-order valence-corrected chi connectivity index (χ4v) is 3.90. The second-order valence-corrected chi connectivity index (χ2v) is 7.66. The molecule has 0 fully saturated rings. The minimum absolute atomic E-state index is 0.00772. The van der Waals surface area contributed by atoms with E-state index in [1.807, 2.05) is 43.4 Å². The molecule has 0 radical (unpaired) electrons. The van der Waals surface area contributed by atoms with Crippen LogP contribution in [-0.2, 0) is 0 Å². The van der Waals surface area contributed by atoms with Crippen LogP contribution in [-0.4, -0.2) is 48.0 Å². The SMILES string of the molecule is CC(C)N(CCCN1c2ccccc2C(=O)N(C)c2cccnc21)C(C)C. The lowest BCUT2D eigenvalue weighted by atomic mass is 10.1. The predicted molar refractivity (Wildman–Crippen MR) is 112 cm³/mol. The quantitative estimate of drug-likeness (QED) is 0.763. The summed E-state index contributed by atoms with van der Waals surface area (Å²) in [6.45, 7) is 10.8. The molecule has 0 atom stereocenters. The topological polar surface area (TPSA) is 39.7 Å². The first-order valence-electron chi connectivity index (χ1n) is 9.77. The van der Waals surface area contributed by atoms with E-state index in [-0.39, 0.29) is 5.91 Å². The second kappa shape index (κ2) is 8.09. The molecule has 0 saturated heterocycles. The molecular formula is C22H30N4O. The first-order chi connectivity index (χ1) is 12.9. The van der Waals surface area contributed by atoms with Crippen molar-refractivity contribution in [1.29, 1.82) is 0 Å². The van der Waals surface area contributed by atoms with Crippen molar-refractivity contribution >= 4 is 23.1 Å². The third-order valence-corrected chi connectivity index (χ3v) is 5.24. The van der Waals surface area contributed by atoms with Crippen LogP contribution in [0, 0.1) is 0 Å².